The van der Waals surface area contributed by atoms with Crippen molar-refractivity contribution >= 4 is 15.9 Å². The van der Waals surface area contributed by atoms with Crippen molar-refractivity contribution in [2.24, 2.45) is 0 Å². The van der Waals surface area contributed by atoms with Gasteiger partial charge in [-0.05, 0) is 41.8 Å². The largest absolute Gasteiger partial charge is 0.454 e. The molecule has 0 saturated carbocycles. The van der Waals surface area contributed by atoms with Gasteiger partial charge in [-0.3, -0.25) is 0 Å². The van der Waals surface area contributed by atoms with E-state index in [4.69, 9.17) is 9.47 Å². The topological polar surface area (TPSA) is 18.5 Å². The molecule has 2 aromatic rings. The molecule has 2 aromatic carbocycles. The van der Waals surface area contributed by atoms with E-state index in [0.29, 0.717) is 0 Å². The van der Waals surface area contributed by atoms with Crippen LogP contribution < -0.4 is 9.47 Å². The SMILES string of the molecule is Fc1ccc(CC(Br)c2ccc3c(c2)OCO3)cc1. The molecule has 1 atom stereocenters. The number of rotatable bonds is 3. The molecule has 0 aromatic heterocycles. The number of hydrogen-bond acceptors (Lipinski definition) is 2. The molecule has 0 bridgehead atoms. The second kappa shape index (κ2) is 5.21. The van der Waals surface area contributed by atoms with Crippen LogP contribution in [-0.4, -0.2) is 6.79 Å². The van der Waals surface area contributed by atoms with Gasteiger partial charge < -0.3 is 9.47 Å². The van der Waals surface area contributed by atoms with Gasteiger partial charge in [0.15, 0.2) is 11.5 Å². The van der Waals surface area contributed by atoms with E-state index in [9.17, 15) is 4.39 Å². The summed E-state index contributed by atoms with van der Waals surface area (Å²) in [5, 5.41) is 0. The third-order valence-electron chi connectivity index (χ3n) is 3.09. The molecule has 0 aliphatic carbocycles. The lowest BCUT2D eigenvalue weighted by atomic mass is 10.0. The Kier molecular flexibility index (Phi) is 3.42. The minimum absolute atomic E-state index is 0.160. The van der Waals surface area contributed by atoms with E-state index in [1.807, 2.05) is 18.2 Å². The first-order chi connectivity index (χ1) is 9.22. The zero-order chi connectivity index (χ0) is 13.2. The number of benzene rings is 2. The van der Waals surface area contributed by atoms with Gasteiger partial charge in [0.05, 0.1) is 0 Å². The molecule has 19 heavy (non-hydrogen) atoms. The van der Waals surface area contributed by atoms with E-state index in [-0.39, 0.29) is 17.4 Å². The van der Waals surface area contributed by atoms with Gasteiger partial charge >= 0.3 is 0 Å². The summed E-state index contributed by atoms with van der Waals surface area (Å²) >= 11 is 3.66. The monoisotopic (exact) mass is 322 g/mol. The van der Waals surface area contributed by atoms with Crippen LogP contribution in [0.1, 0.15) is 16.0 Å². The molecule has 2 nitrogen and oxygen atoms in total. The Balaban J connectivity index is 1.76. The highest BCUT2D eigenvalue weighted by Gasteiger charge is 2.16. The first kappa shape index (κ1) is 12.5. The van der Waals surface area contributed by atoms with E-state index in [0.717, 1.165) is 29.0 Å². The highest BCUT2D eigenvalue weighted by atomic mass is 79.9. The molecule has 1 unspecified atom stereocenters. The Morgan fingerprint density at radius 3 is 2.58 bits per heavy atom. The van der Waals surface area contributed by atoms with Crippen LogP contribution in [0.4, 0.5) is 4.39 Å². The number of ether oxygens (including phenoxy) is 2. The molecule has 0 saturated heterocycles. The number of halogens is 2. The molecule has 0 fully saturated rings. The van der Waals surface area contributed by atoms with Crippen molar-refractivity contribution in [3.8, 4) is 11.5 Å². The lowest BCUT2D eigenvalue weighted by molar-refractivity contribution is 0.174. The predicted octanol–water partition coefficient (Wildman–Crippen LogP) is 4.23. The third-order valence-corrected chi connectivity index (χ3v) is 3.94. The van der Waals surface area contributed by atoms with Crippen molar-refractivity contribution in [3.63, 3.8) is 0 Å². The van der Waals surface area contributed by atoms with Gasteiger partial charge in [0.25, 0.3) is 0 Å². The van der Waals surface area contributed by atoms with Crippen molar-refractivity contribution in [1.29, 1.82) is 0 Å². The van der Waals surface area contributed by atoms with Crippen molar-refractivity contribution in [2.45, 2.75) is 11.2 Å². The Bertz CT molecular complexity index is 583. The molecule has 0 radical (unpaired) electrons. The fourth-order valence-corrected chi connectivity index (χ4v) is 2.71. The number of fused-ring (bicyclic) bond motifs is 1. The zero-order valence-electron chi connectivity index (χ0n) is 10.1. The molecule has 0 amide bonds. The Labute approximate surface area is 119 Å². The molecule has 0 N–H and O–H groups in total. The fraction of sp³-hybridized carbons (Fsp3) is 0.200. The summed E-state index contributed by atoms with van der Waals surface area (Å²) in [6.45, 7) is 0.281. The number of alkyl halides is 1. The summed E-state index contributed by atoms with van der Waals surface area (Å²) in [5.41, 5.74) is 2.20. The van der Waals surface area contributed by atoms with Gasteiger partial charge in [0.2, 0.25) is 6.79 Å². The molecule has 1 aliphatic rings. The second-order valence-corrected chi connectivity index (χ2v) is 5.52. The molecule has 4 heteroatoms. The molecule has 3 rings (SSSR count). The first-order valence-corrected chi connectivity index (χ1v) is 6.92. The van der Waals surface area contributed by atoms with Crippen LogP contribution in [0.2, 0.25) is 0 Å². The summed E-state index contributed by atoms with van der Waals surface area (Å²) in [5.74, 6) is 1.35. The van der Waals surface area contributed by atoms with Crippen molar-refractivity contribution in [2.75, 3.05) is 6.79 Å². The smallest absolute Gasteiger partial charge is 0.231 e. The van der Waals surface area contributed by atoms with Gasteiger partial charge in [-0.2, -0.15) is 0 Å². The third kappa shape index (κ3) is 2.73. The Morgan fingerprint density at radius 1 is 1.05 bits per heavy atom. The Hall–Kier alpha value is -1.55. The van der Waals surface area contributed by atoms with Gasteiger partial charge in [-0.1, -0.05) is 34.1 Å². The second-order valence-electron chi connectivity index (χ2n) is 4.41. The molecular weight excluding hydrogens is 311 g/mol. The average Bonchev–Trinajstić information content (AvgIpc) is 2.88. The maximum absolute atomic E-state index is 12.9. The normalized spacial score (nSPS) is 14.4. The highest BCUT2D eigenvalue weighted by molar-refractivity contribution is 9.09. The van der Waals surface area contributed by atoms with Crippen LogP contribution >= 0.6 is 15.9 Å². The van der Waals surface area contributed by atoms with Gasteiger partial charge in [-0.25, -0.2) is 4.39 Å². The van der Waals surface area contributed by atoms with Crippen molar-refractivity contribution in [1.82, 2.24) is 0 Å². The number of hydrogen-bond donors (Lipinski definition) is 0. The highest BCUT2D eigenvalue weighted by Crippen LogP contribution is 2.37. The molecule has 1 aliphatic heterocycles. The first-order valence-electron chi connectivity index (χ1n) is 6.00. The van der Waals surface area contributed by atoms with Crippen LogP contribution in [0.25, 0.3) is 0 Å². The van der Waals surface area contributed by atoms with Crippen molar-refractivity contribution < 1.29 is 13.9 Å². The quantitative estimate of drug-likeness (QED) is 0.787. The van der Waals surface area contributed by atoms with Crippen LogP contribution in [0.5, 0.6) is 11.5 Å². The summed E-state index contributed by atoms with van der Waals surface area (Å²) in [6.07, 6.45) is 0.792. The molecule has 0 spiro atoms. The van der Waals surface area contributed by atoms with Gasteiger partial charge in [-0.15, -0.1) is 0 Å². The standard InChI is InChI=1S/C15H12BrFO2/c16-13(7-10-1-4-12(17)5-2-10)11-3-6-14-15(8-11)19-9-18-14/h1-6,8,13H,7,9H2. The minimum Gasteiger partial charge on any atom is -0.454 e. The van der Waals surface area contributed by atoms with E-state index in [1.165, 1.54) is 12.1 Å². The summed E-state index contributed by atoms with van der Waals surface area (Å²) < 4.78 is 23.5. The maximum atomic E-state index is 12.9. The van der Waals surface area contributed by atoms with Gasteiger partial charge in [0.1, 0.15) is 5.82 Å². The minimum atomic E-state index is -0.210. The lowest BCUT2D eigenvalue weighted by Gasteiger charge is -2.11. The molecule has 98 valence electrons. The fourth-order valence-electron chi connectivity index (χ4n) is 2.05. The zero-order valence-corrected chi connectivity index (χ0v) is 11.7. The molecular formula is C15H12BrFO2. The van der Waals surface area contributed by atoms with Crippen LogP contribution in [0.3, 0.4) is 0 Å². The van der Waals surface area contributed by atoms with Crippen LogP contribution in [-0.2, 0) is 6.42 Å². The van der Waals surface area contributed by atoms with Crippen LogP contribution in [0.15, 0.2) is 42.5 Å². The van der Waals surface area contributed by atoms with E-state index in [2.05, 4.69) is 15.9 Å². The van der Waals surface area contributed by atoms with E-state index >= 15 is 0 Å². The summed E-state index contributed by atoms with van der Waals surface area (Å²) in [7, 11) is 0. The predicted molar refractivity (Wildman–Crippen MR) is 74.3 cm³/mol. The van der Waals surface area contributed by atoms with Crippen LogP contribution in [0, 0.1) is 5.82 Å². The maximum Gasteiger partial charge on any atom is 0.231 e. The average molecular weight is 323 g/mol. The summed E-state index contributed by atoms with van der Waals surface area (Å²) in [6, 6.07) is 12.5. The molecule has 1 heterocycles. The Morgan fingerprint density at radius 2 is 1.79 bits per heavy atom. The van der Waals surface area contributed by atoms with E-state index in [1.54, 1.807) is 12.1 Å². The van der Waals surface area contributed by atoms with E-state index < -0.39 is 0 Å². The van der Waals surface area contributed by atoms with Gasteiger partial charge in [0, 0.05) is 4.83 Å². The lowest BCUT2D eigenvalue weighted by Crippen LogP contribution is -1.96. The summed E-state index contributed by atoms with van der Waals surface area (Å²) in [4.78, 5) is 0.160. The van der Waals surface area contributed by atoms with Crippen molar-refractivity contribution in [3.05, 3.63) is 59.4 Å².